The predicted octanol–water partition coefficient (Wildman–Crippen LogP) is 6.15. The number of carbonyl (C=O) groups excluding carboxylic acids is 1. The fourth-order valence-electron chi connectivity index (χ4n) is 4.62. The molecule has 0 bridgehead atoms. The van der Waals surface area contributed by atoms with Gasteiger partial charge in [-0.05, 0) is 48.1 Å². The van der Waals surface area contributed by atoms with Crippen molar-refractivity contribution in [2.75, 3.05) is 0 Å². The molecule has 1 aliphatic carbocycles. The third-order valence-corrected chi connectivity index (χ3v) is 5.96. The highest BCUT2D eigenvalue weighted by Gasteiger charge is 2.47. The van der Waals surface area contributed by atoms with E-state index in [0.717, 1.165) is 28.7 Å². The van der Waals surface area contributed by atoms with Crippen LogP contribution in [0.5, 0.6) is 0 Å². The van der Waals surface area contributed by atoms with Gasteiger partial charge in [-0.3, -0.25) is 4.79 Å². The molecule has 1 aliphatic rings. The summed E-state index contributed by atoms with van der Waals surface area (Å²) in [6.45, 7) is 4.04. The minimum atomic E-state index is -0.675. The van der Waals surface area contributed by atoms with Crippen molar-refractivity contribution < 1.29 is 9.18 Å². The number of allylic oxidation sites excluding steroid dienone is 1. The number of hydrogen-bond acceptors (Lipinski definition) is 1. The molecule has 0 N–H and O–H groups in total. The molecule has 0 aliphatic heterocycles. The van der Waals surface area contributed by atoms with Gasteiger partial charge >= 0.3 is 0 Å². The first kappa shape index (κ1) is 18.4. The minimum Gasteiger partial charge on any atom is -0.293 e. The molecule has 0 radical (unpaired) electrons. The molecule has 0 unspecified atom stereocenters. The molecule has 0 fully saturated rings. The number of ketones is 1. The summed E-state index contributed by atoms with van der Waals surface area (Å²) in [5.74, 6) is -0.417. The number of rotatable bonds is 5. The normalized spacial score (nSPS) is 19.7. The molecule has 1 nitrogen and oxygen atoms in total. The molecule has 0 spiro atoms. The number of halogens is 1. The van der Waals surface area contributed by atoms with Crippen LogP contribution >= 0.6 is 0 Å². The van der Waals surface area contributed by atoms with E-state index in [2.05, 4.69) is 18.7 Å². The van der Waals surface area contributed by atoms with Crippen molar-refractivity contribution >= 4 is 5.78 Å². The van der Waals surface area contributed by atoms with Gasteiger partial charge in [0.05, 0.1) is 0 Å². The molecular weight excluding hydrogens is 347 g/mol. The summed E-state index contributed by atoms with van der Waals surface area (Å²) in [7, 11) is 0. The van der Waals surface area contributed by atoms with E-state index in [-0.39, 0.29) is 17.5 Å². The van der Waals surface area contributed by atoms with Crippen LogP contribution in [-0.4, -0.2) is 5.78 Å². The van der Waals surface area contributed by atoms with Crippen molar-refractivity contribution in [3.05, 3.63) is 120 Å². The quantitative estimate of drug-likeness (QED) is 0.492. The Hall–Kier alpha value is -3.00. The van der Waals surface area contributed by atoms with Crippen LogP contribution in [0.3, 0.4) is 0 Å². The average Bonchev–Trinajstić information content (AvgIpc) is 2.72. The van der Waals surface area contributed by atoms with E-state index in [1.165, 1.54) is 12.1 Å². The molecule has 0 saturated carbocycles. The van der Waals surface area contributed by atoms with Gasteiger partial charge in [-0.25, -0.2) is 4.39 Å². The van der Waals surface area contributed by atoms with Gasteiger partial charge in [0.1, 0.15) is 5.82 Å². The van der Waals surface area contributed by atoms with Crippen LogP contribution in [0.1, 0.15) is 39.4 Å². The van der Waals surface area contributed by atoms with Crippen LogP contribution in [0.25, 0.3) is 0 Å². The highest BCUT2D eigenvalue weighted by molar-refractivity contribution is 6.03. The molecule has 3 aromatic rings. The molecule has 28 heavy (non-hydrogen) atoms. The van der Waals surface area contributed by atoms with Crippen molar-refractivity contribution in [1.29, 1.82) is 0 Å². The molecule has 0 amide bonds. The second kappa shape index (κ2) is 7.55. The Bertz CT molecular complexity index is 1010. The van der Waals surface area contributed by atoms with Gasteiger partial charge in [0, 0.05) is 16.9 Å². The third kappa shape index (κ3) is 3.20. The maximum absolute atomic E-state index is 14.0. The van der Waals surface area contributed by atoms with Crippen molar-refractivity contribution in [2.45, 2.75) is 25.2 Å². The summed E-state index contributed by atoms with van der Waals surface area (Å²) in [5.41, 5.74) is 3.12. The van der Waals surface area contributed by atoms with E-state index in [4.69, 9.17) is 0 Å². The van der Waals surface area contributed by atoms with E-state index < -0.39 is 5.41 Å². The fraction of sp³-hybridized carbons (Fsp3) is 0.192. The minimum absolute atomic E-state index is 0.132. The Morgan fingerprint density at radius 3 is 2.50 bits per heavy atom. The van der Waals surface area contributed by atoms with Gasteiger partial charge in [0.15, 0.2) is 5.78 Å². The van der Waals surface area contributed by atoms with Gasteiger partial charge in [0.25, 0.3) is 0 Å². The SMILES string of the molecule is C=C[C@H](c1cccc(F)c1)[C@]1(Cc2ccccc2)CCc2ccccc2C1=O. The Balaban J connectivity index is 1.87. The fourth-order valence-corrected chi connectivity index (χ4v) is 4.62. The van der Waals surface area contributed by atoms with Crippen LogP contribution in [0.4, 0.5) is 4.39 Å². The second-order valence-corrected chi connectivity index (χ2v) is 7.57. The van der Waals surface area contributed by atoms with Crippen molar-refractivity contribution in [2.24, 2.45) is 5.41 Å². The zero-order chi connectivity index (χ0) is 19.6. The zero-order valence-electron chi connectivity index (χ0n) is 15.8. The second-order valence-electron chi connectivity index (χ2n) is 7.57. The lowest BCUT2D eigenvalue weighted by Gasteiger charge is -2.42. The first-order valence-corrected chi connectivity index (χ1v) is 9.69. The van der Waals surface area contributed by atoms with Crippen LogP contribution < -0.4 is 0 Å². The molecule has 4 rings (SSSR count). The largest absolute Gasteiger partial charge is 0.293 e. The van der Waals surface area contributed by atoms with Crippen LogP contribution in [0.2, 0.25) is 0 Å². The maximum Gasteiger partial charge on any atom is 0.170 e. The van der Waals surface area contributed by atoms with Gasteiger partial charge in [-0.1, -0.05) is 72.8 Å². The van der Waals surface area contributed by atoms with Gasteiger partial charge in [0.2, 0.25) is 0 Å². The van der Waals surface area contributed by atoms with Gasteiger partial charge in [-0.2, -0.15) is 0 Å². The van der Waals surface area contributed by atoms with Crippen molar-refractivity contribution in [3.8, 4) is 0 Å². The number of hydrogen-bond donors (Lipinski definition) is 0. The number of Topliss-reactive ketones (excluding diaryl/α,β-unsaturated/α-hetero) is 1. The number of benzene rings is 3. The third-order valence-electron chi connectivity index (χ3n) is 5.96. The summed E-state index contributed by atoms with van der Waals surface area (Å²) in [6.07, 6.45) is 3.97. The summed E-state index contributed by atoms with van der Waals surface area (Å²) >= 11 is 0. The van der Waals surface area contributed by atoms with Crippen molar-refractivity contribution in [1.82, 2.24) is 0 Å². The molecule has 0 saturated heterocycles. The van der Waals surface area contributed by atoms with E-state index in [0.29, 0.717) is 12.8 Å². The number of fused-ring (bicyclic) bond motifs is 1. The topological polar surface area (TPSA) is 17.1 Å². The van der Waals surface area contributed by atoms with E-state index in [1.54, 1.807) is 6.07 Å². The Morgan fingerprint density at radius 2 is 1.75 bits per heavy atom. The molecule has 140 valence electrons. The number of carbonyl (C=O) groups is 1. The smallest absolute Gasteiger partial charge is 0.170 e. The van der Waals surface area contributed by atoms with E-state index in [9.17, 15) is 9.18 Å². The van der Waals surface area contributed by atoms with Crippen LogP contribution in [0.15, 0.2) is 91.5 Å². The van der Waals surface area contributed by atoms with Crippen LogP contribution in [0, 0.1) is 11.2 Å². The average molecular weight is 370 g/mol. The monoisotopic (exact) mass is 370 g/mol. The predicted molar refractivity (Wildman–Crippen MR) is 111 cm³/mol. The summed E-state index contributed by atoms with van der Waals surface area (Å²) in [6, 6.07) is 24.5. The Morgan fingerprint density at radius 1 is 1.00 bits per heavy atom. The Labute approximate surface area is 165 Å². The zero-order valence-corrected chi connectivity index (χ0v) is 15.8. The van der Waals surface area contributed by atoms with E-state index in [1.807, 2.05) is 54.6 Å². The highest BCUT2D eigenvalue weighted by Crippen LogP contribution is 2.49. The maximum atomic E-state index is 14.0. The lowest BCUT2D eigenvalue weighted by molar-refractivity contribution is 0.0725. The lowest BCUT2D eigenvalue weighted by Crippen LogP contribution is -2.42. The van der Waals surface area contributed by atoms with E-state index >= 15 is 0 Å². The van der Waals surface area contributed by atoms with Crippen molar-refractivity contribution in [3.63, 3.8) is 0 Å². The first-order valence-electron chi connectivity index (χ1n) is 9.69. The standard InChI is InChI=1S/C26H23FO/c1-2-24(21-12-8-13-22(27)17-21)26(18-19-9-4-3-5-10-19)16-15-20-11-6-7-14-23(20)25(26)28/h2-14,17,24H,1,15-16,18H2/t24-,26-/m1/s1. The first-order chi connectivity index (χ1) is 13.6. The summed E-state index contributed by atoms with van der Waals surface area (Å²) in [5, 5.41) is 0. The summed E-state index contributed by atoms with van der Waals surface area (Å²) in [4.78, 5) is 13.9. The molecule has 0 aromatic heterocycles. The molecule has 2 atom stereocenters. The summed E-state index contributed by atoms with van der Waals surface area (Å²) < 4.78 is 14.0. The molecular formula is C26H23FO. The Kier molecular flexibility index (Phi) is 4.95. The molecule has 3 aromatic carbocycles. The van der Waals surface area contributed by atoms with Gasteiger partial charge in [-0.15, -0.1) is 6.58 Å². The van der Waals surface area contributed by atoms with Gasteiger partial charge < -0.3 is 0 Å². The number of aryl methyl sites for hydroxylation is 1. The lowest BCUT2D eigenvalue weighted by atomic mass is 9.59. The highest BCUT2D eigenvalue weighted by atomic mass is 19.1. The molecule has 0 heterocycles. The van der Waals surface area contributed by atoms with Crippen LogP contribution in [-0.2, 0) is 12.8 Å². The molecule has 2 heteroatoms.